The first-order chi connectivity index (χ1) is 16.2. The molecule has 0 atom stereocenters. The third-order valence-electron chi connectivity index (χ3n) is 5.31. The Morgan fingerprint density at radius 3 is 2.36 bits per heavy atom. The number of aromatic nitrogens is 2. The minimum absolute atomic E-state index is 0.0942. The molecule has 5 aromatic rings. The van der Waals surface area contributed by atoms with Crippen LogP contribution in [0, 0.1) is 0 Å². The van der Waals surface area contributed by atoms with Gasteiger partial charge in [0.15, 0.2) is 0 Å². The number of nitrogens with zero attached hydrogens (tertiary/aromatic N) is 3. The molecule has 0 unspecified atom stereocenters. The highest BCUT2D eigenvalue weighted by molar-refractivity contribution is 6.09. The van der Waals surface area contributed by atoms with Crippen molar-refractivity contribution in [1.29, 1.82) is 0 Å². The van der Waals surface area contributed by atoms with Gasteiger partial charge in [0.25, 0.3) is 5.91 Å². The number of phenols is 1. The number of nitrogens with one attached hydrogen (secondary N) is 1. The van der Waals surface area contributed by atoms with Gasteiger partial charge >= 0.3 is 0 Å². The Labute approximate surface area is 190 Å². The quantitative estimate of drug-likeness (QED) is 0.297. The van der Waals surface area contributed by atoms with Crippen molar-refractivity contribution in [3.8, 4) is 22.7 Å². The van der Waals surface area contributed by atoms with Crippen LogP contribution >= 0.6 is 0 Å². The van der Waals surface area contributed by atoms with Crippen LogP contribution in [0.4, 0.5) is 0 Å². The fraction of sp³-hybridized carbons (Fsp3) is 0. The molecular weight excluding hydrogens is 412 g/mol. The topological polar surface area (TPSA) is 79.5 Å². The summed E-state index contributed by atoms with van der Waals surface area (Å²) < 4.78 is 1.78. The van der Waals surface area contributed by atoms with E-state index < -0.39 is 5.91 Å². The number of aromatic hydroxyl groups is 1. The smallest absolute Gasteiger partial charge is 0.275 e. The molecule has 0 saturated carbocycles. The molecule has 1 aromatic heterocycles. The maximum absolute atomic E-state index is 12.8. The summed E-state index contributed by atoms with van der Waals surface area (Å²) in [6.07, 6.45) is 3.43. The zero-order chi connectivity index (χ0) is 22.6. The average molecular weight is 432 g/mol. The van der Waals surface area contributed by atoms with Gasteiger partial charge < -0.3 is 5.11 Å². The van der Waals surface area contributed by atoms with E-state index in [2.05, 4.69) is 10.5 Å². The molecule has 160 valence electrons. The van der Waals surface area contributed by atoms with Gasteiger partial charge in [-0.3, -0.25) is 4.79 Å². The number of benzene rings is 4. The molecule has 0 saturated heterocycles. The third-order valence-corrected chi connectivity index (χ3v) is 5.31. The SMILES string of the molecule is O=C(NN=Cc1cn(-c2ccccc2)nc1-c1ccccc1)c1c(O)ccc2ccccc12. The summed E-state index contributed by atoms with van der Waals surface area (Å²) in [6, 6.07) is 30.2. The number of fused-ring (bicyclic) bond motifs is 1. The van der Waals surface area contributed by atoms with Gasteiger partial charge in [-0.05, 0) is 29.0 Å². The lowest BCUT2D eigenvalue weighted by Crippen LogP contribution is -2.18. The molecule has 6 heteroatoms. The fourth-order valence-corrected chi connectivity index (χ4v) is 3.73. The molecule has 4 aromatic carbocycles. The second-order valence-electron chi connectivity index (χ2n) is 7.46. The monoisotopic (exact) mass is 432 g/mol. The van der Waals surface area contributed by atoms with Gasteiger partial charge in [0.05, 0.1) is 17.5 Å². The first kappa shape index (κ1) is 20.2. The van der Waals surface area contributed by atoms with Crippen molar-refractivity contribution in [2.75, 3.05) is 0 Å². The molecule has 5 rings (SSSR count). The molecule has 0 fully saturated rings. The fourth-order valence-electron chi connectivity index (χ4n) is 3.73. The van der Waals surface area contributed by atoms with Crippen LogP contribution in [-0.2, 0) is 0 Å². The Balaban J connectivity index is 1.47. The molecule has 1 amide bonds. The van der Waals surface area contributed by atoms with Gasteiger partial charge in [-0.1, -0.05) is 78.9 Å². The Bertz CT molecular complexity index is 1460. The zero-order valence-electron chi connectivity index (χ0n) is 17.6. The van der Waals surface area contributed by atoms with E-state index in [0.717, 1.165) is 27.9 Å². The van der Waals surface area contributed by atoms with E-state index in [-0.39, 0.29) is 11.3 Å². The van der Waals surface area contributed by atoms with E-state index in [0.29, 0.717) is 5.39 Å². The van der Waals surface area contributed by atoms with Crippen molar-refractivity contribution in [3.63, 3.8) is 0 Å². The van der Waals surface area contributed by atoms with Crippen molar-refractivity contribution in [3.05, 3.63) is 114 Å². The van der Waals surface area contributed by atoms with Gasteiger partial charge in [-0.2, -0.15) is 10.2 Å². The van der Waals surface area contributed by atoms with Crippen LogP contribution in [-0.4, -0.2) is 27.0 Å². The van der Waals surface area contributed by atoms with Crippen LogP contribution in [0.2, 0.25) is 0 Å². The summed E-state index contributed by atoms with van der Waals surface area (Å²) in [7, 11) is 0. The van der Waals surface area contributed by atoms with E-state index in [9.17, 15) is 9.90 Å². The Morgan fingerprint density at radius 2 is 1.58 bits per heavy atom. The van der Waals surface area contributed by atoms with Crippen LogP contribution in [0.15, 0.2) is 108 Å². The summed E-state index contributed by atoms with van der Waals surface area (Å²) in [6.45, 7) is 0. The van der Waals surface area contributed by atoms with Crippen LogP contribution in [0.3, 0.4) is 0 Å². The van der Waals surface area contributed by atoms with Gasteiger partial charge in [0.2, 0.25) is 0 Å². The van der Waals surface area contributed by atoms with Crippen molar-refractivity contribution >= 4 is 22.9 Å². The van der Waals surface area contributed by atoms with Gasteiger partial charge in [0, 0.05) is 17.3 Å². The molecule has 0 aliphatic carbocycles. The number of carbonyl (C=O) groups excluding carboxylic acids is 1. The molecule has 1 heterocycles. The van der Waals surface area contributed by atoms with Crippen molar-refractivity contribution in [1.82, 2.24) is 15.2 Å². The Kier molecular flexibility index (Phi) is 5.39. The Morgan fingerprint density at radius 1 is 0.879 bits per heavy atom. The molecule has 6 nitrogen and oxygen atoms in total. The molecule has 0 radical (unpaired) electrons. The number of phenolic OH excluding ortho intramolecular Hbond substituents is 1. The van der Waals surface area contributed by atoms with Crippen LogP contribution in [0.5, 0.6) is 5.75 Å². The van der Waals surface area contributed by atoms with Crippen LogP contribution in [0.25, 0.3) is 27.7 Å². The summed E-state index contributed by atoms with van der Waals surface area (Å²) in [5.74, 6) is -0.583. The highest BCUT2D eigenvalue weighted by Gasteiger charge is 2.15. The summed E-state index contributed by atoms with van der Waals surface area (Å²) in [5.41, 5.74) is 6.07. The van der Waals surface area contributed by atoms with E-state index in [4.69, 9.17) is 5.10 Å². The Hall–Kier alpha value is -4.71. The number of amides is 1. The first-order valence-electron chi connectivity index (χ1n) is 10.5. The first-order valence-corrected chi connectivity index (χ1v) is 10.5. The van der Waals surface area contributed by atoms with Gasteiger partial charge in [0.1, 0.15) is 11.4 Å². The normalized spacial score (nSPS) is 11.2. The number of hydrogen-bond acceptors (Lipinski definition) is 4. The predicted octanol–water partition coefficient (Wildman–Crippen LogP) is 5.16. The van der Waals surface area contributed by atoms with Gasteiger partial charge in [-0.25, -0.2) is 10.1 Å². The van der Waals surface area contributed by atoms with Crippen LogP contribution in [0.1, 0.15) is 15.9 Å². The minimum Gasteiger partial charge on any atom is -0.507 e. The number of hydrazone groups is 1. The highest BCUT2D eigenvalue weighted by Crippen LogP contribution is 2.27. The number of para-hydroxylation sites is 1. The lowest BCUT2D eigenvalue weighted by atomic mass is 10.0. The largest absolute Gasteiger partial charge is 0.507 e. The third kappa shape index (κ3) is 4.09. The second kappa shape index (κ2) is 8.80. The number of carbonyl (C=O) groups is 1. The molecule has 0 aliphatic rings. The van der Waals surface area contributed by atoms with E-state index in [1.165, 1.54) is 6.07 Å². The molecule has 0 bridgehead atoms. The van der Waals surface area contributed by atoms with E-state index in [1.54, 1.807) is 23.0 Å². The predicted molar refractivity (Wildman–Crippen MR) is 130 cm³/mol. The summed E-state index contributed by atoms with van der Waals surface area (Å²) in [5, 5.41) is 20.7. The number of rotatable bonds is 5. The molecular formula is C27H20N4O2. The standard InChI is InChI=1S/C27H20N4O2/c32-24-16-15-19-9-7-8-14-23(19)25(24)27(33)29-28-17-21-18-31(22-12-5-2-6-13-22)30-26(21)20-10-3-1-4-11-20/h1-18,32H,(H,29,33). The highest BCUT2D eigenvalue weighted by atomic mass is 16.3. The van der Waals surface area contributed by atoms with Crippen molar-refractivity contribution in [2.45, 2.75) is 0 Å². The van der Waals surface area contributed by atoms with E-state index in [1.807, 2.05) is 85.1 Å². The molecule has 0 aliphatic heterocycles. The van der Waals surface area contributed by atoms with Crippen molar-refractivity contribution in [2.24, 2.45) is 5.10 Å². The van der Waals surface area contributed by atoms with Gasteiger partial charge in [-0.15, -0.1) is 0 Å². The lowest BCUT2D eigenvalue weighted by Gasteiger charge is -2.07. The van der Waals surface area contributed by atoms with Crippen molar-refractivity contribution < 1.29 is 9.90 Å². The molecule has 2 N–H and O–H groups in total. The molecule has 0 spiro atoms. The van der Waals surface area contributed by atoms with Crippen LogP contribution < -0.4 is 5.43 Å². The summed E-state index contributed by atoms with van der Waals surface area (Å²) >= 11 is 0. The lowest BCUT2D eigenvalue weighted by molar-refractivity contribution is 0.0954. The van der Waals surface area contributed by atoms with E-state index >= 15 is 0 Å². The number of hydrogen-bond donors (Lipinski definition) is 2. The summed E-state index contributed by atoms with van der Waals surface area (Å²) in [4.78, 5) is 12.8. The zero-order valence-corrected chi connectivity index (χ0v) is 17.6. The second-order valence-corrected chi connectivity index (χ2v) is 7.46. The average Bonchev–Trinajstić information content (AvgIpc) is 3.29. The maximum atomic E-state index is 12.8. The maximum Gasteiger partial charge on any atom is 0.275 e. The molecule has 33 heavy (non-hydrogen) atoms. The minimum atomic E-state index is -0.489.